The van der Waals surface area contributed by atoms with Gasteiger partial charge in [-0.2, -0.15) is 0 Å². The van der Waals surface area contributed by atoms with Gasteiger partial charge in [0.05, 0.1) is 5.75 Å². The van der Waals surface area contributed by atoms with Gasteiger partial charge in [-0.3, -0.25) is 4.79 Å². The molecule has 0 saturated heterocycles. The Hall–Kier alpha value is -0.580. The smallest absolute Gasteiger partial charge is 0.321 e. The molecule has 1 N–H and O–H groups in total. The Labute approximate surface area is 91.6 Å². The van der Waals surface area contributed by atoms with Crippen LogP contribution in [-0.4, -0.2) is 30.5 Å². The highest BCUT2D eigenvalue weighted by Crippen LogP contribution is 2.15. The molecule has 0 saturated carbocycles. The van der Waals surface area contributed by atoms with Gasteiger partial charge in [0.25, 0.3) is 0 Å². The molecule has 0 spiro atoms. The van der Waals surface area contributed by atoms with Crippen LogP contribution in [0.4, 0.5) is 0 Å². The normalized spacial score (nSPS) is 15.9. The highest BCUT2D eigenvalue weighted by atomic mass is 32.2. The van der Waals surface area contributed by atoms with Crippen molar-refractivity contribution < 1.29 is 18.3 Å². The van der Waals surface area contributed by atoms with Crippen molar-refractivity contribution in [1.82, 2.24) is 0 Å². The van der Waals surface area contributed by atoms with Gasteiger partial charge >= 0.3 is 5.97 Å². The van der Waals surface area contributed by atoms with Gasteiger partial charge in [0.15, 0.2) is 15.1 Å². The van der Waals surface area contributed by atoms with Crippen LogP contribution in [0.2, 0.25) is 0 Å². The average Bonchev–Trinajstić information content (AvgIpc) is 2.12. The Morgan fingerprint density at radius 2 is 1.87 bits per heavy atom. The van der Waals surface area contributed by atoms with Crippen LogP contribution in [0.1, 0.15) is 40.0 Å². The maximum atomic E-state index is 11.8. The second-order valence-electron chi connectivity index (χ2n) is 3.96. The Kier molecular flexibility index (Phi) is 5.87. The van der Waals surface area contributed by atoms with Crippen molar-refractivity contribution in [3.8, 4) is 0 Å². The molecule has 0 bridgehead atoms. The minimum atomic E-state index is -3.49. The summed E-state index contributed by atoms with van der Waals surface area (Å²) in [5, 5.41) is 7.62. The van der Waals surface area contributed by atoms with Gasteiger partial charge in [-0.05, 0) is 12.3 Å². The summed E-state index contributed by atoms with van der Waals surface area (Å²) in [6.07, 6.45) is 1.52. The van der Waals surface area contributed by atoms with Crippen LogP contribution in [0.3, 0.4) is 0 Å². The van der Waals surface area contributed by atoms with Crippen LogP contribution >= 0.6 is 0 Å². The van der Waals surface area contributed by atoms with E-state index >= 15 is 0 Å². The Morgan fingerprint density at radius 1 is 1.33 bits per heavy atom. The highest BCUT2D eigenvalue weighted by molar-refractivity contribution is 7.92. The van der Waals surface area contributed by atoms with Gasteiger partial charge in [-0.25, -0.2) is 8.42 Å². The summed E-state index contributed by atoms with van der Waals surface area (Å²) in [5.74, 6) is -1.23. The van der Waals surface area contributed by atoms with Gasteiger partial charge < -0.3 is 5.11 Å². The van der Waals surface area contributed by atoms with Gasteiger partial charge in [0.2, 0.25) is 0 Å². The van der Waals surface area contributed by atoms with E-state index in [0.29, 0.717) is 6.42 Å². The molecule has 2 atom stereocenters. The number of hydrogen-bond donors (Lipinski definition) is 1. The fraction of sp³-hybridized carbons (Fsp3) is 0.900. The Bertz CT molecular complexity index is 295. The first-order chi connectivity index (χ1) is 6.85. The lowest BCUT2D eigenvalue weighted by atomic mass is 10.2. The summed E-state index contributed by atoms with van der Waals surface area (Å²) in [6.45, 7) is 5.51. The average molecular weight is 236 g/mol. The number of aliphatic carboxylic acids is 1. The SMILES string of the molecule is CCCC(C(=O)O)S(=O)(=O)CC(C)CC. The van der Waals surface area contributed by atoms with E-state index in [1.807, 2.05) is 13.8 Å². The van der Waals surface area contributed by atoms with Crippen LogP contribution in [0.15, 0.2) is 0 Å². The second kappa shape index (κ2) is 6.10. The van der Waals surface area contributed by atoms with Crippen LogP contribution in [0.25, 0.3) is 0 Å². The van der Waals surface area contributed by atoms with Crippen molar-refractivity contribution in [2.24, 2.45) is 5.92 Å². The first kappa shape index (κ1) is 14.4. The number of carboxylic acids is 1. The summed E-state index contributed by atoms with van der Waals surface area (Å²) in [5.41, 5.74) is 0. The zero-order valence-electron chi connectivity index (χ0n) is 9.56. The maximum absolute atomic E-state index is 11.8. The molecule has 4 nitrogen and oxygen atoms in total. The van der Waals surface area contributed by atoms with Crippen LogP contribution in [-0.2, 0) is 14.6 Å². The largest absolute Gasteiger partial charge is 0.480 e. The van der Waals surface area contributed by atoms with E-state index in [1.54, 1.807) is 6.92 Å². The number of carbonyl (C=O) groups is 1. The van der Waals surface area contributed by atoms with Gasteiger partial charge in [0.1, 0.15) is 0 Å². The zero-order valence-corrected chi connectivity index (χ0v) is 10.4. The minimum absolute atomic E-state index is 0.0220. The molecule has 0 aliphatic carbocycles. The summed E-state index contributed by atoms with van der Waals surface area (Å²) in [4.78, 5) is 10.8. The fourth-order valence-electron chi connectivity index (χ4n) is 1.35. The molecule has 0 amide bonds. The van der Waals surface area contributed by atoms with E-state index in [9.17, 15) is 13.2 Å². The quantitative estimate of drug-likeness (QED) is 0.730. The van der Waals surface area contributed by atoms with Crippen molar-refractivity contribution in [3.05, 3.63) is 0 Å². The molecular weight excluding hydrogens is 216 g/mol. The Morgan fingerprint density at radius 3 is 2.20 bits per heavy atom. The molecule has 5 heteroatoms. The monoisotopic (exact) mass is 236 g/mol. The van der Waals surface area contributed by atoms with E-state index in [-0.39, 0.29) is 18.1 Å². The molecule has 0 aliphatic heterocycles. The molecule has 2 unspecified atom stereocenters. The van der Waals surface area contributed by atoms with Crippen LogP contribution in [0, 0.1) is 5.92 Å². The van der Waals surface area contributed by atoms with E-state index in [0.717, 1.165) is 6.42 Å². The number of hydrogen-bond acceptors (Lipinski definition) is 3. The molecule has 0 heterocycles. The molecular formula is C10H20O4S. The van der Waals surface area contributed by atoms with E-state index in [1.165, 1.54) is 0 Å². The third-order valence-electron chi connectivity index (χ3n) is 2.47. The third-order valence-corrected chi connectivity index (χ3v) is 4.81. The third kappa shape index (κ3) is 4.64. The number of rotatable bonds is 7. The zero-order chi connectivity index (χ0) is 12.1. The highest BCUT2D eigenvalue weighted by Gasteiger charge is 2.32. The number of sulfone groups is 1. The predicted molar refractivity (Wildman–Crippen MR) is 59.6 cm³/mol. The van der Waals surface area contributed by atoms with Gasteiger partial charge in [-0.15, -0.1) is 0 Å². The topological polar surface area (TPSA) is 71.4 Å². The lowest BCUT2D eigenvalue weighted by Gasteiger charge is -2.15. The first-order valence-electron chi connectivity index (χ1n) is 5.29. The Balaban J connectivity index is 4.72. The van der Waals surface area contributed by atoms with E-state index in [4.69, 9.17) is 5.11 Å². The van der Waals surface area contributed by atoms with E-state index < -0.39 is 21.1 Å². The summed E-state index contributed by atoms with van der Waals surface area (Å²) in [6, 6.07) is 0. The molecule has 0 rings (SSSR count). The van der Waals surface area contributed by atoms with Crippen molar-refractivity contribution in [1.29, 1.82) is 0 Å². The van der Waals surface area contributed by atoms with Crippen molar-refractivity contribution >= 4 is 15.8 Å². The van der Waals surface area contributed by atoms with Crippen LogP contribution < -0.4 is 0 Å². The number of carboxylic acid groups (broad SMARTS) is 1. The van der Waals surface area contributed by atoms with E-state index in [2.05, 4.69) is 0 Å². The standard InChI is InChI=1S/C10H20O4S/c1-4-6-9(10(11)12)15(13,14)7-8(3)5-2/h8-9H,4-7H2,1-3H3,(H,11,12). The summed E-state index contributed by atoms with van der Waals surface area (Å²) >= 11 is 0. The summed E-state index contributed by atoms with van der Waals surface area (Å²) in [7, 11) is -3.49. The molecule has 0 radical (unpaired) electrons. The first-order valence-corrected chi connectivity index (χ1v) is 7.01. The second-order valence-corrected chi connectivity index (χ2v) is 6.19. The van der Waals surface area contributed by atoms with Crippen molar-refractivity contribution in [3.63, 3.8) is 0 Å². The molecule has 0 aliphatic rings. The van der Waals surface area contributed by atoms with Crippen molar-refractivity contribution in [2.45, 2.75) is 45.3 Å². The maximum Gasteiger partial charge on any atom is 0.321 e. The van der Waals surface area contributed by atoms with Crippen LogP contribution in [0.5, 0.6) is 0 Å². The predicted octanol–water partition coefficient (Wildman–Crippen LogP) is 1.70. The van der Waals surface area contributed by atoms with Crippen molar-refractivity contribution in [2.75, 3.05) is 5.75 Å². The molecule has 0 aromatic rings. The van der Waals surface area contributed by atoms with Gasteiger partial charge in [0, 0.05) is 0 Å². The minimum Gasteiger partial charge on any atom is -0.480 e. The molecule has 0 aromatic heterocycles. The lowest BCUT2D eigenvalue weighted by molar-refractivity contribution is -0.136. The fourth-order valence-corrected chi connectivity index (χ4v) is 3.51. The molecule has 0 aromatic carbocycles. The molecule has 15 heavy (non-hydrogen) atoms. The summed E-state index contributed by atoms with van der Waals surface area (Å²) < 4.78 is 23.5. The van der Waals surface area contributed by atoms with Gasteiger partial charge in [-0.1, -0.05) is 33.6 Å². The molecule has 0 fully saturated rings. The lowest BCUT2D eigenvalue weighted by Crippen LogP contribution is -2.33. The molecule has 90 valence electrons.